The number of para-hydroxylation sites is 1. The average Bonchev–Trinajstić information content (AvgIpc) is 2.53. The zero-order valence-corrected chi connectivity index (χ0v) is 14.7. The van der Waals surface area contributed by atoms with Gasteiger partial charge in [0.15, 0.2) is 0 Å². The van der Waals surface area contributed by atoms with Gasteiger partial charge in [-0.3, -0.25) is 4.90 Å². The SMILES string of the molecule is CC[C@H]1CN(C(=O)Nc2cccc(Br)c2)c2ccccc2S1. The van der Waals surface area contributed by atoms with Gasteiger partial charge in [0.25, 0.3) is 0 Å². The summed E-state index contributed by atoms with van der Waals surface area (Å²) in [6.07, 6.45) is 1.04. The van der Waals surface area contributed by atoms with Crippen LogP contribution in [-0.4, -0.2) is 17.8 Å². The first-order chi connectivity index (χ1) is 10.7. The quantitative estimate of drug-likeness (QED) is 0.763. The minimum absolute atomic E-state index is 0.0794. The second-order valence-corrected chi connectivity index (χ2v) is 7.42. The summed E-state index contributed by atoms with van der Waals surface area (Å²) in [6.45, 7) is 2.90. The van der Waals surface area contributed by atoms with Gasteiger partial charge in [-0.1, -0.05) is 41.1 Å². The van der Waals surface area contributed by atoms with Crippen LogP contribution in [0.2, 0.25) is 0 Å². The molecule has 0 fully saturated rings. The predicted molar refractivity (Wildman–Crippen MR) is 96.9 cm³/mol. The third-order valence-electron chi connectivity index (χ3n) is 3.61. The minimum atomic E-state index is -0.0794. The van der Waals surface area contributed by atoms with E-state index in [2.05, 4.69) is 34.2 Å². The fourth-order valence-corrected chi connectivity index (χ4v) is 4.07. The van der Waals surface area contributed by atoms with Crippen molar-refractivity contribution in [2.75, 3.05) is 16.8 Å². The van der Waals surface area contributed by atoms with Crippen molar-refractivity contribution in [1.82, 2.24) is 0 Å². The van der Waals surface area contributed by atoms with E-state index in [0.29, 0.717) is 5.25 Å². The van der Waals surface area contributed by atoms with Crippen LogP contribution in [0.5, 0.6) is 0 Å². The Morgan fingerprint density at radius 3 is 2.91 bits per heavy atom. The molecule has 1 N–H and O–H groups in total. The smallest absolute Gasteiger partial charge is 0.308 e. The lowest BCUT2D eigenvalue weighted by Gasteiger charge is -2.33. The molecule has 0 spiro atoms. The molecule has 114 valence electrons. The Bertz CT molecular complexity index is 692. The van der Waals surface area contributed by atoms with E-state index in [-0.39, 0.29) is 6.03 Å². The third kappa shape index (κ3) is 3.31. The molecule has 0 aromatic heterocycles. The van der Waals surface area contributed by atoms with E-state index in [1.54, 1.807) is 0 Å². The molecule has 0 radical (unpaired) electrons. The zero-order chi connectivity index (χ0) is 15.5. The van der Waals surface area contributed by atoms with Gasteiger partial charge in [0.1, 0.15) is 0 Å². The van der Waals surface area contributed by atoms with E-state index in [4.69, 9.17) is 0 Å². The molecule has 1 aliphatic heterocycles. The number of thioether (sulfide) groups is 1. The molecule has 1 atom stereocenters. The summed E-state index contributed by atoms with van der Waals surface area (Å²) in [5.74, 6) is 0. The van der Waals surface area contributed by atoms with E-state index in [1.807, 2.05) is 59.1 Å². The third-order valence-corrected chi connectivity index (χ3v) is 5.52. The predicted octanol–water partition coefficient (Wildman–Crippen LogP) is 5.37. The fraction of sp³-hybridized carbons (Fsp3) is 0.235. The van der Waals surface area contributed by atoms with Crippen LogP contribution < -0.4 is 10.2 Å². The lowest BCUT2D eigenvalue weighted by molar-refractivity contribution is 0.256. The molecule has 22 heavy (non-hydrogen) atoms. The number of hydrogen-bond acceptors (Lipinski definition) is 2. The normalized spacial score (nSPS) is 17.0. The van der Waals surface area contributed by atoms with Crippen molar-refractivity contribution < 1.29 is 4.79 Å². The number of hydrogen-bond donors (Lipinski definition) is 1. The number of carbonyl (C=O) groups is 1. The van der Waals surface area contributed by atoms with Crippen LogP contribution in [-0.2, 0) is 0 Å². The maximum atomic E-state index is 12.7. The van der Waals surface area contributed by atoms with Crippen LogP contribution >= 0.6 is 27.7 Å². The Hall–Kier alpha value is -1.46. The monoisotopic (exact) mass is 376 g/mol. The maximum absolute atomic E-state index is 12.7. The number of fused-ring (bicyclic) bond motifs is 1. The molecule has 3 rings (SSSR count). The summed E-state index contributed by atoms with van der Waals surface area (Å²) in [4.78, 5) is 15.7. The zero-order valence-electron chi connectivity index (χ0n) is 12.3. The summed E-state index contributed by atoms with van der Waals surface area (Å²) in [7, 11) is 0. The molecule has 0 unspecified atom stereocenters. The van der Waals surface area contributed by atoms with Crippen molar-refractivity contribution in [2.24, 2.45) is 0 Å². The van der Waals surface area contributed by atoms with Gasteiger partial charge in [0, 0.05) is 26.9 Å². The molecule has 2 aromatic rings. The molecule has 0 saturated heterocycles. The Balaban J connectivity index is 1.85. The first-order valence-electron chi connectivity index (χ1n) is 7.27. The van der Waals surface area contributed by atoms with Crippen molar-refractivity contribution in [2.45, 2.75) is 23.5 Å². The molecule has 1 heterocycles. The van der Waals surface area contributed by atoms with E-state index in [1.165, 1.54) is 4.90 Å². The van der Waals surface area contributed by atoms with Crippen LogP contribution in [0.4, 0.5) is 16.2 Å². The molecule has 0 aliphatic carbocycles. The largest absolute Gasteiger partial charge is 0.326 e. The number of amides is 2. The Morgan fingerprint density at radius 1 is 1.32 bits per heavy atom. The summed E-state index contributed by atoms with van der Waals surface area (Å²) in [5.41, 5.74) is 1.79. The number of benzene rings is 2. The summed E-state index contributed by atoms with van der Waals surface area (Å²) >= 11 is 5.28. The van der Waals surface area contributed by atoms with Crippen LogP contribution in [0.15, 0.2) is 57.9 Å². The molecule has 2 aromatic carbocycles. The highest BCUT2D eigenvalue weighted by Gasteiger charge is 2.28. The van der Waals surface area contributed by atoms with Gasteiger partial charge in [-0.05, 0) is 36.8 Å². The van der Waals surface area contributed by atoms with Gasteiger partial charge < -0.3 is 5.32 Å². The van der Waals surface area contributed by atoms with Gasteiger partial charge in [0.05, 0.1) is 5.69 Å². The fourth-order valence-electron chi connectivity index (χ4n) is 2.46. The van der Waals surface area contributed by atoms with Gasteiger partial charge in [0.2, 0.25) is 0 Å². The van der Waals surface area contributed by atoms with Crippen LogP contribution in [0.25, 0.3) is 0 Å². The van der Waals surface area contributed by atoms with E-state index in [9.17, 15) is 4.79 Å². The van der Waals surface area contributed by atoms with Gasteiger partial charge in [-0.2, -0.15) is 0 Å². The molecule has 0 saturated carbocycles. The highest BCUT2D eigenvalue weighted by molar-refractivity contribution is 9.10. The van der Waals surface area contributed by atoms with Crippen LogP contribution in [0, 0.1) is 0 Å². The molecular formula is C17H17BrN2OS. The van der Waals surface area contributed by atoms with Crippen molar-refractivity contribution in [3.63, 3.8) is 0 Å². The second kappa shape index (κ2) is 6.75. The maximum Gasteiger partial charge on any atom is 0.326 e. The van der Waals surface area contributed by atoms with Crippen molar-refractivity contribution in [3.05, 3.63) is 53.0 Å². The van der Waals surface area contributed by atoms with E-state index in [0.717, 1.165) is 28.8 Å². The van der Waals surface area contributed by atoms with Crippen LogP contribution in [0.1, 0.15) is 13.3 Å². The second-order valence-electron chi connectivity index (χ2n) is 5.17. The first-order valence-corrected chi connectivity index (χ1v) is 8.94. The molecule has 0 bridgehead atoms. The number of carbonyl (C=O) groups excluding carboxylic acids is 1. The van der Waals surface area contributed by atoms with Gasteiger partial charge in [-0.25, -0.2) is 4.79 Å². The van der Waals surface area contributed by atoms with E-state index >= 15 is 0 Å². The number of nitrogens with one attached hydrogen (secondary N) is 1. The van der Waals surface area contributed by atoms with Gasteiger partial charge in [-0.15, -0.1) is 11.8 Å². The molecule has 2 amide bonds. The molecule has 3 nitrogen and oxygen atoms in total. The number of nitrogens with zero attached hydrogens (tertiary/aromatic N) is 1. The number of anilines is 2. The Kier molecular flexibility index (Phi) is 4.74. The summed E-state index contributed by atoms with van der Waals surface area (Å²) < 4.78 is 0.950. The number of urea groups is 1. The average molecular weight is 377 g/mol. The number of halogens is 1. The highest BCUT2D eigenvalue weighted by atomic mass is 79.9. The lowest BCUT2D eigenvalue weighted by Crippen LogP contribution is -2.41. The van der Waals surface area contributed by atoms with Crippen molar-refractivity contribution in [3.8, 4) is 0 Å². The Labute approximate surface area is 143 Å². The Morgan fingerprint density at radius 2 is 2.14 bits per heavy atom. The first kappa shape index (κ1) is 15.4. The molecule has 1 aliphatic rings. The molecular weight excluding hydrogens is 360 g/mol. The minimum Gasteiger partial charge on any atom is -0.308 e. The van der Waals surface area contributed by atoms with Crippen LogP contribution in [0.3, 0.4) is 0 Å². The highest BCUT2D eigenvalue weighted by Crippen LogP contribution is 2.39. The van der Waals surface area contributed by atoms with Gasteiger partial charge >= 0.3 is 6.03 Å². The number of rotatable bonds is 2. The molecule has 5 heteroatoms. The van der Waals surface area contributed by atoms with Crippen molar-refractivity contribution >= 4 is 45.1 Å². The van der Waals surface area contributed by atoms with E-state index < -0.39 is 0 Å². The standard InChI is InChI=1S/C17H17BrN2OS/c1-2-14-11-20(15-8-3-4-9-16(15)22-14)17(21)19-13-7-5-6-12(18)10-13/h3-10,14H,2,11H2,1H3,(H,19,21)/t14-/m0/s1. The lowest BCUT2D eigenvalue weighted by atomic mass is 10.2. The summed E-state index contributed by atoms with van der Waals surface area (Å²) in [5, 5.41) is 3.42. The summed E-state index contributed by atoms with van der Waals surface area (Å²) in [6, 6.07) is 15.7. The van der Waals surface area contributed by atoms with Crippen molar-refractivity contribution in [1.29, 1.82) is 0 Å². The topological polar surface area (TPSA) is 32.3 Å².